The molecule has 112 valence electrons. The summed E-state index contributed by atoms with van der Waals surface area (Å²) in [5, 5.41) is 0.794. The predicted octanol–water partition coefficient (Wildman–Crippen LogP) is 3.26. The Morgan fingerprint density at radius 3 is 2.60 bits per heavy atom. The Morgan fingerprint density at radius 2 is 1.95 bits per heavy atom. The number of benzene rings is 1. The number of rotatable bonds is 6. The molecule has 3 nitrogen and oxygen atoms in total. The molecular formula is C15H22BrNO2S. The van der Waals surface area contributed by atoms with Crippen molar-refractivity contribution in [3.05, 3.63) is 29.3 Å². The standard InChI is InChI=1S/C15H22BrNO2S/c1-11(2)15(8-9-16)17-20(18,19)14-7-6-12-4-3-5-13(12)10-14/h6-7,10-11,15,17H,3-5,8-9H2,1-2H3. The summed E-state index contributed by atoms with van der Waals surface area (Å²) in [4.78, 5) is 0.401. The molecule has 0 saturated carbocycles. The van der Waals surface area contributed by atoms with Crippen molar-refractivity contribution >= 4 is 26.0 Å². The maximum atomic E-state index is 12.5. The van der Waals surface area contributed by atoms with E-state index in [4.69, 9.17) is 0 Å². The fourth-order valence-electron chi connectivity index (χ4n) is 2.63. The second-order valence-corrected chi connectivity index (χ2v) is 8.24. The fraction of sp³-hybridized carbons (Fsp3) is 0.600. The summed E-state index contributed by atoms with van der Waals surface area (Å²) in [6, 6.07) is 5.51. The molecule has 0 amide bonds. The molecule has 1 aliphatic rings. The highest BCUT2D eigenvalue weighted by Gasteiger charge is 2.23. The van der Waals surface area contributed by atoms with E-state index in [1.807, 2.05) is 26.0 Å². The van der Waals surface area contributed by atoms with Gasteiger partial charge in [-0.05, 0) is 54.9 Å². The number of fused-ring (bicyclic) bond motifs is 1. The van der Waals surface area contributed by atoms with Crippen LogP contribution in [0, 0.1) is 5.92 Å². The average Bonchev–Trinajstić information content (AvgIpc) is 2.85. The zero-order valence-electron chi connectivity index (χ0n) is 12.0. The number of hydrogen-bond donors (Lipinski definition) is 1. The molecule has 0 aromatic heterocycles. The van der Waals surface area contributed by atoms with Gasteiger partial charge in [0.1, 0.15) is 0 Å². The molecular weight excluding hydrogens is 338 g/mol. The first-order chi connectivity index (χ1) is 9.44. The Bertz CT molecular complexity index is 569. The maximum Gasteiger partial charge on any atom is 0.240 e. The topological polar surface area (TPSA) is 46.2 Å². The summed E-state index contributed by atoms with van der Waals surface area (Å²) in [5.74, 6) is 0.275. The van der Waals surface area contributed by atoms with Crippen LogP contribution in [0.3, 0.4) is 0 Å². The van der Waals surface area contributed by atoms with Gasteiger partial charge < -0.3 is 0 Å². The number of alkyl halides is 1. The second kappa shape index (κ2) is 6.58. The highest BCUT2D eigenvalue weighted by molar-refractivity contribution is 9.09. The minimum atomic E-state index is -3.42. The van der Waals surface area contributed by atoms with Crippen molar-refractivity contribution in [1.29, 1.82) is 0 Å². The van der Waals surface area contributed by atoms with Gasteiger partial charge in [-0.3, -0.25) is 0 Å². The normalized spacial score (nSPS) is 16.4. The number of aryl methyl sites for hydroxylation is 2. The van der Waals surface area contributed by atoms with Crippen LogP contribution in [0.1, 0.15) is 37.8 Å². The average molecular weight is 360 g/mol. The van der Waals surface area contributed by atoms with Crippen molar-refractivity contribution in [3.63, 3.8) is 0 Å². The smallest absolute Gasteiger partial charge is 0.208 e. The molecule has 2 rings (SSSR count). The lowest BCUT2D eigenvalue weighted by Crippen LogP contribution is -2.38. The van der Waals surface area contributed by atoms with Crippen LogP contribution >= 0.6 is 15.9 Å². The van der Waals surface area contributed by atoms with Crippen LogP contribution < -0.4 is 4.72 Å². The van der Waals surface area contributed by atoms with Crippen molar-refractivity contribution in [2.45, 2.75) is 50.5 Å². The molecule has 1 atom stereocenters. The molecule has 20 heavy (non-hydrogen) atoms. The van der Waals surface area contributed by atoms with E-state index in [1.165, 1.54) is 11.1 Å². The quantitative estimate of drug-likeness (QED) is 0.792. The van der Waals surface area contributed by atoms with Gasteiger partial charge in [0.2, 0.25) is 10.0 Å². The van der Waals surface area contributed by atoms with Crippen LogP contribution in [0.2, 0.25) is 0 Å². The molecule has 0 radical (unpaired) electrons. The molecule has 0 aliphatic heterocycles. The summed E-state index contributed by atoms with van der Waals surface area (Å²) in [7, 11) is -3.42. The molecule has 0 fully saturated rings. The van der Waals surface area contributed by atoms with Crippen LogP contribution in [-0.4, -0.2) is 19.8 Å². The third-order valence-corrected chi connectivity index (χ3v) is 5.86. The Hall–Kier alpha value is -0.390. The number of hydrogen-bond acceptors (Lipinski definition) is 2. The van der Waals surface area contributed by atoms with Gasteiger partial charge in [0.05, 0.1) is 4.90 Å². The third-order valence-electron chi connectivity index (χ3n) is 3.91. The first kappa shape index (κ1) is 16.0. The monoisotopic (exact) mass is 359 g/mol. The van der Waals surface area contributed by atoms with Crippen molar-refractivity contribution in [1.82, 2.24) is 4.72 Å². The molecule has 1 N–H and O–H groups in total. The van der Waals surface area contributed by atoms with Gasteiger partial charge in [0.15, 0.2) is 0 Å². The van der Waals surface area contributed by atoms with E-state index >= 15 is 0 Å². The first-order valence-corrected chi connectivity index (χ1v) is 9.74. The number of nitrogens with one attached hydrogen (secondary N) is 1. The van der Waals surface area contributed by atoms with E-state index in [9.17, 15) is 8.42 Å². The van der Waals surface area contributed by atoms with Gasteiger partial charge in [0, 0.05) is 11.4 Å². The molecule has 1 unspecified atom stereocenters. The van der Waals surface area contributed by atoms with Gasteiger partial charge >= 0.3 is 0 Å². The zero-order chi connectivity index (χ0) is 14.8. The van der Waals surface area contributed by atoms with Crippen LogP contribution in [0.25, 0.3) is 0 Å². The van der Waals surface area contributed by atoms with Gasteiger partial charge in [-0.1, -0.05) is 35.8 Å². The van der Waals surface area contributed by atoms with Gasteiger partial charge in [-0.25, -0.2) is 13.1 Å². The van der Waals surface area contributed by atoms with Crippen molar-refractivity contribution in [3.8, 4) is 0 Å². The minimum absolute atomic E-state index is 0.0346. The first-order valence-electron chi connectivity index (χ1n) is 7.14. The van der Waals surface area contributed by atoms with E-state index in [0.717, 1.165) is 31.0 Å². The molecule has 1 aromatic rings. The van der Waals surface area contributed by atoms with E-state index in [0.29, 0.717) is 4.90 Å². The largest absolute Gasteiger partial charge is 0.240 e. The summed E-state index contributed by atoms with van der Waals surface area (Å²) in [6.45, 7) is 4.08. The fourth-order valence-corrected chi connectivity index (χ4v) is 4.59. The lowest BCUT2D eigenvalue weighted by Gasteiger charge is -2.21. The predicted molar refractivity (Wildman–Crippen MR) is 85.8 cm³/mol. The molecule has 0 spiro atoms. The molecule has 1 aromatic carbocycles. The SMILES string of the molecule is CC(C)C(CCBr)NS(=O)(=O)c1ccc2c(c1)CCC2. The van der Waals surface area contributed by atoms with Crippen molar-refractivity contribution in [2.24, 2.45) is 5.92 Å². The zero-order valence-corrected chi connectivity index (χ0v) is 14.4. The highest BCUT2D eigenvalue weighted by atomic mass is 79.9. The molecule has 1 aliphatic carbocycles. The molecule has 0 heterocycles. The van der Waals surface area contributed by atoms with E-state index in [1.54, 1.807) is 6.07 Å². The van der Waals surface area contributed by atoms with Gasteiger partial charge in [0.25, 0.3) is 0 Å². The van der Waals surface area contributed by atoms with Gasteiger partial charge in [-0.2, -0.15) is 0 Å². The molecule has 0 bridgehead atoms. The highest BCUT2D eigenvalue weighted by Crippen LogP contribution is 2.25. The van der Waals surface area contributed by atoms with Gasteiger partial charge in [-0.15, -0.1) is 0 Å². The summed E-state index contributed by atoms with van der Waals surface area (Å²) < 4.78 is 27.8. The van der Waals surface area contributed by atoms with Crippen LogP contribution in [0.4, 0.5) is 0 Å². The minimum Gasteiger partial charge on any atom is -0.208 e. The third kappa shape index (κ3) is 3.62. The van der Waals surface area contributed by atoms with Crippen LogP contribution in [0.5, 0.6) is 0 Å². The maximum absolute atomic E-state index is 12.5. The van der Waals surface area contributed by atoms with E-state index in [2.05, 4.69) is 20.7 Å². The lowest BCUT2D eigenvalue weighted by atomic mass is 10.0. The van der Waals surface area contributed by atoms with Crippen LogP contribution in [0.15, 0.2) is 23.1 Å². The Kier molecular flexibility index (Phi) is 5.26. The van der Waals surface area contributed by atoms with E-state index < -0.39 is 10.0 Å². The second-order valence-electron chi connectivity index (χ2n) is 5.73. The summed E-state index contributed by atoms with van der Waals surface area (Å²) >= 11 is 3.39. The summed E-state index contributed by atoms with van der Waals surface area (Å²) in [5.41, 5.74) is 2.49. The summed E-state index contributed by atoms with van der Waals surface area (Å²) in [6.07, 6.45) is 3.99. The lowest BCUT2D eigenvalue weighted by molar-refractivity contribution is 0.440. The van der Waals surface area contributed by atoms with Crippen molar-refractivity contribution in [2.75, 3.05) is 5.33 Å². The number of sulfonamides is 1. The van der Waals surface area contributed by atoms with Crippen LogP contribution in [-0.2, 0) is 22.9 Å². The Balaban J connectivity index is 2.21. The Labute approximate surface area is 130 Å². The Morgan fingerprint density at radius 1 is 1.25 bits per heavy atom. The van der Waals surface area contributed by atoms with E-state index in [-0.39, 0.29) is 12.0 Å². The number of halogens is 1. The van der Waals surface area contributed by atoms with Crippen molar-refractivity contribution < 1.29 is 8.42 Å². The molecule has 0 saturated heterocycles. The molecule has 5 heteroatoms.